The average molecular weight is 494 g/mol. The molecule has 0 fully saturated rings. The molecule has 0 bridgehead atoms. The molecule has 0 aliphatic heterocycles. The van der Waals surface area contributed by atoms with Gasteiger partial charge in [-0.15, -0.1) is 0 Å². The molecule has 2 N–H and O–H groups in total. The fourth-order valence-electron chi connectivity index (χ4n) is 3.39. The summed E-state index contributed by atoms with van der Waals surface area (Å²) in [7, 11) is 3.29. The molecule has 6 nitrogen and oxygen atoms in total. The van der Waals surface area contributed by atoms with Gasteiger partial charge in [0.2, 0.25) is 0 Å². The lowest BCUT2D eigenvalue weighted by Gasteiger charge is -2.06. The molecule has 0 radical (unpaired) electrons. The monoisotopic (exact) mass is 493 g/mol. The Labute approximate surface area is 207 Å². The summed E-state index contributed by atoms with van der Waals surface area (Å²) in [6.07, 6.45) is 0. The normalized spacial score (nSPS) is 10.7. The number of carbonyl (C=O) groups is 1. The first-order chi connectivity index (χ1) is 16.6. The summed E-state index contributed by atoms with van der Waals surface area (Å²) in [6, 6.07) is 22.5. The number of ether oxygens (including phenoxy) is 2. The van der Waals surface area contributed by atoms with E-state index in [4.69, 9.17) is 26.1 Å². The molecule has 4 aromatic rings. The second-order valence-corrected chi connectivity index (χ2v) is 8.86. The highest BCUT2D eigenvalue weighted by atomic mass is 35.5. The van der Waals surface area contributed by atoms with Crippen LogP contribution in [-0.4, -0.2) is 42.4 Å². The van der Waals surface area contributed by atoms with Gasteiger partial charge in [-0.05, 0) is 66.7 Å². The number of hydrogen-bond acceptors (Lipinski definition) is 5. The van der Waals surface area contributed by atoms with Crippen molar-refractivity contribution >= 4 is 29.3 Å². The van der Waals surface area contributed by atoms with Crippen LogP contribution in [-0.2, 0) is 0 Å². The fourth-order valence-corrected chi connectivity index (χ4v) is 4.31. The second-order valence-electron chi connectivity index (χ2n) is 7.34. The van der Waals surface area contributed by atoms with E-state index in [9.17, 15) is 4.79 Å². The average Bonchev–Trinajstić information content (AvgIpc) is 3.30. The molecule has 0 atom stereocenters. The Balaban J connectivity index is 1.49. The predicted molar refractivity (Wildman–Crippen MR) is 137 cm³/mol. The van der Waals surface area contributed by atoms with Crippen molar-refractivity contribution in [3.05, 3.63) is 83.4 Å². The highest BCUT2D eigenvalue weighted by molar-refractivity contribution is 7.99. The smallest absolute Gasteiger partial charge is 0.251 e. The van der Waals surface area contributed by atoms with Crippen LogP contribution in [0.2, 0.25) is 5.02 Å². The summed E-state index contributed by atoms with van der Waals surface area (Å²) in [5, 5.41) is 4.23. The van der Waals surface area contributed by atoms with E-state index in [1.54, 1.807) is 50.2 Å². The van der Waals surface area contributed by atoms with E-state index in [1.807, 2.05) is 48.5 Å². The van der Waals surface area contributed by atoms with E-state index in [-0.39, 0.29) is 5.91 Å². The zero-order chi connectivity index (χ0) is 23.9. The number of nitrogens with one attached hydrogen (secondary N) is 2. The number of benzene rings is 3. The summed E-state index contributed by atoms with van der Waals surface area (Å²) in [5.74, 6) is 2.08. The molecule has 34 heavy (non-hydrogen) atoms. The SMILES string of the molecule is COc1ccc(-c2nc(SCCNC(=O)c3cccc(Cl)c3)[nH]c2-c2ccc(OC)cc2)cc1. The third kappa shape index (κ3) is 5.73. The van der Waals surface area contributed by atoms with Crippen molar-refractivity contribution in [3.63, 3.8) is 0 Å². The molecular weight excluding hydrogens is 470 g/mol. The van der Waals surface area contributed by atoms with E-state index in [1.165, 1.54) is 0 Å². The third-order valence-electron chi connectivity index (χ3n) is 5.14. The fraction of sp³-hybridized carbons (Fsp3) is 0.154. The summed E-state index contributed by atoms with van der Waals surface area (Å²) in [5.41, 5.74) is 4.28. The first-order valence-corrected chi connectivity index (χ1v) is 12.0. The van der Waals surface area contributed by atoms with Crippen LogP contribution in [0.25, 0.3) is 22.5 Å². The van der Waals surface area contributed by atoms with E-state index < -0.39 is 0 Å². The standard InChI is InChI=1S/C26H24ClN3O3S/c1-32-21-10-6-17(7-11-21)23-24(18-8-12-22(33-2)13-9-18)30-26(29-23)34-15-14-28-25(31)19-4-3-5-20(27)16-19/h3-13,16H,14-15H2,1-2H3,(H,28,31)(H,29,30). The maximum absolute atomic E-state index is 12.3. The molecule has 1 amide bonds. The van der Waals surface area contributed by atoms with Gasteiger partial charge >= 0.3 is 0 Å². The molecule has 1 aromatic heterocycles. The van der Waals surface area contributed by atoms with Gasteiger partial charge in [-0.25, -0.2) is 4.98 Å². The van der Waals surface area contributed by atoms with Crippen LogP contribution in [0.3, 0.4) is 0 Å². The van der Waals surface area contributed by atoms with Crippen molar-refractivity contribution in [3.8, 4) is 34.0 Å². The number of rotatable bonds is 9. The molecule has 0 unspecified atom stereocenters. The van der Waals surface area contributed by atoms with Crippen LogP contribution in [0.15, 0.2) is 78.0 Å². The number of halogens is 1. The Hall–Kier alpha value is -3.42. The van der Waals surface area contributed by atoms with Gasteiger partial charge in [-0.3, -0.25) is 4.79 Å². The third-order valence-corrected chi connectivity index (χ3v) is 6.25. The highest BCUT2D eigenvalue weighted by Gasteiger charge is 2.15. The Bertz CT molecular complexity index is 1190. The number of aromatic nitrogens is 2. The van der Waals surface area contributed by atoms with Crippen LogP contribution in [0.4, 0.5) is 0 Å². The number of imidazole rings is 1. The molecule has 0 saturated heterocycles. The molecule has 174 valence electrons. The Morgan fingerprint density at radius 1 is 0.971 bits per heavy atom. The molecule has 4 rings (SSSR count). The van der Waals surface area contributed by atoms with E-state index in [2.05, 4.69) is 10.3 Å². The van der Waals surface area contributed by atoms with Crippen molar-refractivity contribution < 1.29 is 14.3 Å². The number of nitrogens with zero attached hydrogens (tertiary/aromatic N) is 1. The zero-order valence-electron chi connectivity index (χ0n) is 18.8. The topological polar surface area (TPSA) is 76.2 Å². The molecule has 8 heteroatoms. The molecule has 0 spiro atoms. The summed E-state index contributed by atoms with van der Waals surface area (Å²) in [4.78, 5) is 20.6. The minimum atomic E-state index is -0.152. The minimum Gasteiger partial charge on any atom is -0.497 e. The van der Waals surface area contributed by atoms with Crippen molar-refractivity contribution in [2.75, 3.05) is 26.5 Å². The summed E-state index contributed by atoms with van der Waals surface area (Å²) < 4.78 is 10.6. The number of aromatic amines is 1. The summed E-state index contributed by atoms with van der Waals surface area (Å²) >= 11 is 7.52. The zero-order valence-corrected chi connectivity index (χ0v) is 20.4. The van der Waals surface area contributed by atoms with Gasteiger partial charge < -0.3 is 19.8 Å². The number of H-pyrrole nitrogens is 1. The molecule has 1 heterocycles. The lowest BCUT2D eigenvalue weighted by atomic mass is 10.0. The molecular formula is C26H24ClN3O3S. The molecule has 0 saturated carbocycles. The Kier molecular flexibility index (Phi) is 7.77. The Morgan fingerprint density at radius 2 is 1.62 bits per heavy atom. The number of thioether (sulfide) groups is 1. The van der Waals surface area contributed by atoms with Crippen LogP contribution in [0.5, 0.6) is 11.5 Å². The predicted octanol–water partition coefficient (Wildman–Crippen LogP) is 5.94. The Morgan fingerprint density at radius 3 is 2.24 bits per heavy atom. The van der Waals surface area contributed by atoms with Crippen molar-refractivity contribution in [2.45, 2.75) is 5.16 Å². The number of carbonyl (C=O) groups excluding carboxylic acids is 1. The quantitative estimate of drug-likeness (QED) is 0.223. The number of methoxy groups -OCH3 is 2. The van der Waals surface area contributed by atoms with Gasteiger partial charge in [0.25, 0.3) is 5.91 Å². The minimum absolute atomic E-state index is 0.152. The maximum atomic E-state index is 12.3. The van der Waals surface area contributed by atoms with Crippen molar-refractivity contribution in [1.29, 1.82) is 0 Å². The van der Waals surface area contributed by atoms with Gasteiger partial charge in [0.05, 0.1) is 25.6 Å². The van der Waals surface area contributed by atoms with E-state index >= 15 is 0 Å². The largest absolute Gasteiger partial charge is 0.497 e. The first-order valence-electron chi connectivity index (χ1n) is 10.6. The lowest BCUT2D eigenvalue weighted by molar-refractivity contribution is 0.0956. The molecule has 3 aromatic carbocycles. The van der Waals surface area contributed by atoms with Crippen LogP contribution in [0.1, 0.15) is 10.4 Å². The summed E-state index contributed by atoms with van der Waals surface area (Å²) in [6.45, 7) is 0.493. The number of amides is 1. The van der Waals surface area contributed by atoms with Gasteiger partial charge in [-0.1, -0.05) is 29.4 Å². The van der Waals surface area contributed by atoms with Crippen molar-refractivity contribution in [1.82, 2.24) is 15.3 Å². The van der Waals surface area contributed by atoms with Gasteiger partial charge in [0.1, 0.15) is 11.5 Å². The van der Waals surface area contributed by atoms with E-state index in [0.717, 1.165) is 39.2 Å². The second kappa shape index (κ2) is 11.1. The van der Waals surface area contributed by atoms with Crippen LogP contribution in [0, 0.1) is 0 Å². The van der Waals surface area contributed by atoms with Crippen molar-refractivity contribution in [2.24, 2.45) is 0 Å². The van der Waals surface area contributed by atoms with Gasteiger partial charge in [0.15, 0.2) is 5.16 Å². The highest BCUT2D eigenvalue weighted by Crippen LogP contribution is 2.34. The molecule has 0 aliphatic carbocycles. The van der Waals surface area contributed by atoms with Gasteiger partial charge in [0, 0.05) is 34.0 Å². The van der Waals surface area contributed by atoms with E-state index in [0.29, 0.717) is 22.9 Å². The first kappa shape index (κ1) is 23.7. The number of hydrogen-bond donors (Lipinski definition) is 2. The maximum Gasteiger partial charge on any atom is 0.251 e. The lowest BCUT2D eigenvalue weighted by Crippen LogP contribution is -2.25. The van der Waals surface area contributed by atoms with Gasteiger partial charge in [-0.2, -0.15) is 0 Å². The van der Waals surface area contributed by atoms with Crippen LogP contribution < -0.4 is 14.8 Å². The molecule has 0 aliphatic rings. The van der Waals surface area contributed by atoms with Crippen LogP contribution >= 0.6 is 23.4 Å².